The van der Waals surface area contributed by atoms with Gasteiger partial charge in [0, 0.05) is 26.5 Å². The molecule has 2 aromatic carbocycles. The number of halogens is 3. The number of hydrogen-bond acceptors (Lipinski definition) is 5. The molecule has 3 aromatic rings. The Morgan fingerprint density at radius 3 is 2.40 bits per heavy atom. The van der Waals surface area contributed by atoms with Gasteiger partial charge in [0.25, 0.3) is 0 Å². The molecule has 0 radical (unpaired) electrons. The molecular formula is C23H19F3N4O4S. The van der Waals surface area contributed by atoms with Crippen LogP contribution in [0.25, 0.3) is 0 Å². The highest BCUT2D eigenvalue weighted by atomic mass is 32.2. The molecule has 0 saturated carbocycles. The molecule has 0 spiro atoms. The summed E-state index contributed by atoms with van der Waals surface area (Å²) < 4.78 is 66.4. The second-order valence-corrected chi connectivity index (χ2v) is 10.2. The lowest BCUT2D eigenvalue weighted by atomic mass is 9.94. The quantitative estimate of drug-likeness (QED) is 0.572. The molecule has 1 atom stereocenters. The number of hydrogen-bond donors (Lipinski definition) is 1. The van der Waals surface area contributed by atoms with Gasteiger partial charge in [0.2, 0.25) is 0 Å². The number of aromatic hydroxyl groups is 1. The third kappa shape index (κ3) is 3.97. The van der Waals surface area contributed by atoms with Gasteiger partial charge in [-0.05, 0) is 35.9 Å². The number of sulfone groups is 1. The molecule has 8 nitrogen and oxygen atoms in total. The Morgan fingerprint density at radius 1 is 1.11 bits per heavy atom. The summed E-state index contributed by atoms with van der Waals surface area (Å²) in [6.45, 7) is 0. The summed E-state index contributed by atoms with van der Waals surface area (Å²) >= 11 is 0. The maximum Gasteiger partial charge on any atom is 0.416 e. The van der Waals surface area contributed by atoms with E-state index in [9.17, 15) is 36.8 Å². The van der Waals surface area contributed by atoms with Crippen LogP contribution in [0.2, 0.25) is 0 Å². The van der Waals surface area contributed by atoms with Crippen LogP contribution < -0.4 is 4.90 Å². The van der Waals surface area contributed by atoms with E-state index in [2.05, 4.69) is 0 Å². The molecule has 0 fully saturated rings. The van der Waals surface area contributed by atoms with Crippen LogP contribution in [0, 0.1) is 11.3 Å². The first-order valence-corrected chi connectivity index (χ1v) is 12.0. The number of nitrogens with zero attached hydrogens (tertiary/aromatic N) is 4. The van der Waals surface area contributed by atoms with Crippen molar-refractivity contribution >= 4 is 27.2 Å². The van der Waals surface area contributed by atoms with Gasteiger partial charge in [0.05, 0.1) is 45.1 Å². The Kier molecular flexibility index (Phi) is 5.56. The summed E-state index contributed by atoms with van der Waals surface area (Å²) in [7, 11) is -1.03. The number of benzene rings is 2. The topological polar surface area (TPSA) is 107 Å². The first-order chi connectivity index (χ1) is 16.3. The fraction of sp³-hybridized carbons (Fsp3) is 0.217. The smallest absolute Gasteiger partial charge is 0.416 e. The number of carbonyl (C=O) groups is 1. The van der Waals surface area contributed by atoms with E-state index in [0.717, 1.165) is 28.2 Å². The van der Waals surface area contributed by atoms with Crippen molar-refractivity contribution in [3.05, 3.63) is 70.9 Å². The molecule has 1 N–H and O–H groups in total. The lowest BCUT2D eigenvalue weighted by Gasteiger charge is -2.40. The average molecular weight is 504 g/mol. The SMILES string of the molecule is CN1C(=O)N(c2cccc(C(F)(F)F)c2)c2cn(C)c(O)c2[C@H]1c1ccc(C#N)cc1S(C)(=O)=O. The molecule has 0 aliphatic carbocycles. The first-order valence-electron chi connectivity index (χ1n) is 10.1. The summed E-state index contributed by atoms with van der Waals surface area (Å²) in [5.41, 5.74) is -0.593. The van der Waals surface area contributed by atoms with Gasteiger partial charge in [0.1, 0.15) is 0 Å². The third-order valence-corrected chi connectivity index (χ3v) is 6.98. The zero-order valence-corrected chi connectivity index (χ0v) is 19.5. The lowest BCUT2D eigenvalue weighted by molar-refractivity contribution is -0.137. The summed E-state index contributed by atoms with van der Waals surface area (Å²) in [4.78, 5) is 15.5. The third-order valence-electron chi connectivity index (χ3n) is 5.83. The molecule has 0 saturated heterocycles. The number of aromatic nitrogens is 1. The summed E-state index contributed by atoms with van der Waals surface area (Å²) in [5, 5.41) is 20.1. The van der Waals surface area contributed by atoms with Gasteiger partial charge >= 0.3 is 12.2 Å². The van der Waals surface area contributed by atoms with Gasteiger partial charge in [0.15, 0.2) is 15.7 Å². The lowest BCUT2D eigenvalue weighted by Crippen LogP contribution is -2.45. The fourth-order valence-electron chi connectivity index (χ4n) is 4.21. The van der Waals surface area contributed by atoms with Crippen molar-refractivity contribution in [1.29, 1.82) is 5.26 Å². The van der Waals surface area contributed by atoms with Crippen LogP contribution in [0.15, 0.2) is 53.6 Å². The van der Waals surface area contributed by atoms with Gasteiger partial charge in [-0.2, -0.15) is 18.4 Å². The van der Waals surface area contributed by atoms with E-state index in [1.807, 2.05) is 6.07 Å². The number of alkyl halides is 3. The summed E-state index contributed by atoms with van der Waals surface area (Å²) in [5.74, 6) is -0.301. The Labute approximate surface area is 199 Å². The Balaban J connectivity index is 1.99. The molecule has 0 bridgehead atoms. The summed E-state index contributed by atoms with van der Waals surface area (Å²) in [6, 6.07) is 8.20. The maximum absolute atomic E-state index is 13.5. The number of urea groups is 1. The molecule has 182 valence electrons. The second kappa shape index (κ2) is 8.06. The second-order valence-electron chi connectivity index (χ2n) is 8.18. The van der Waals surface area contributed by atoms with Crippen LogP contribution in [0.3, 0.4) is 0 Å². The standard InChI is InChI=1S/C23H19F3N4O4S/c1-28-12-17-19(21(28)31)20(16-8-7-13(11-27)9-18(16)35(3,33)34)29(2)22(32)30(17)15-6-4-5-14(10-15)23(24,25)26/h4-10,12,20,31H,1-3H3/t20-/m1/s1. The highest BCUT2D eigenvalue weighted by Gasteiger charge is 2.43. The Morgan fingerprint density at radius 2 is 1.80 bits per heavy atom. The van der Waals surface area contributed by atoms with E-state index in [1.165, 1.54) is 55.2 Å². The number of amides is 2. The number of fused-ring (bicyclic) bond motifs is 1. The number of carbonyl (C=O) groups excluding carboxylic acids is 1. The van der Waals surface area contributed by atoms with Gasteiger partial charge < -0.3 is 14.6 Å². The normalized spacial score (nSPS) is 16.3. The number of anilines is 2. The van der Waals surface area contributed by atoms with Crippen LogP contribution in [0.1, 0.15) is 28.3 Å². The van der Waals surface area contributed by atoms with Crippen molar-refractivity contribution < 1.29 is 31.5 Å². The first kappa shape index (κ1) is 24.2. The zero-order chi connectivity index (χ0) is 25.9. The number of aryl methyl sites for hydroxylation is 1. The molecule has 12 heteroatoms. The molecule has 1 aromatic heterocycles. The van der Waals surface area contributed by atoms with Crippen molar-refractivity contribution in [2.24, 2.45) is 7.05 Å². The van der Waals surface area contributed by atoms with Crippen LogP contribution in [0.5, 0.6) is 5.88 Å². The van der Waals surface area contributed by atoms with E-state index >= 15 is 0 Å². The van der Waals surface area contributed by atoms with Gasteiger partial charge in [-0.25, -0.2) is 13.2 Å². The van der Waals surface area contributed by atoms with E-state index in [4.69, 9.17) is 0 Å². The monoisotopic (exact) mass is 504 g/mol. The van der Waals surface area contributed by atoms with Crippen LogP contribution in [-0.2, 0) is 23.1 Å². The van der Waals surface area contributed by atoms with Crippen LogP contribution in [0.4, 0.5) is 29.3 Å². The fourth-order valence-corrected chi connectivity index (χ4v) is 5.16. The van der Waals surface area contributed by atoms with Crippen molar-refractivity contribution in [2.75, 3.05) is 18.2 Å². The minimum absolute atomic E-state index is 0.0786. The molecule has 1 aliphatic heterocycles. The van der Waals surface area contributed by atoms with Gasteiger partial charge in [-0.3, -0.25) is 4.90 Å². The Bertz CT molecular complexity index is 1510. The maximum atomic E-state index is 13.5. The van der Waals surface area contributed by atoms with Gasteiger partial charge in [-0.15, -0.1) is 0 Å². The molecule has 4 rings (SSSR count). The molecule has 1 aliphatic rings. The molecule has 0 unspecified atom stereocenters. The highest BCUT2D eigenvalue weighted by molar-refractivity contribution is 7.90. The van der Waals surface area contributed by atoms with Gasteiger partial charge in [-0.1, -0.05) is 12.1 Å². The molecule has 2 amide bonds. The number of nitriles is 1. The summed E-state index contributed by atoms with van der Waals surface area (Å²) in [6.07, 6.45) is -2.30. The van der Waals surface area contributed by atoms with E-state index < -0.39 is 33.6 Å². The average Bonchev–Trinajstić information content (AvgIpc) is 3.07. The number of rotatable bonds is 3. The Hall–Kier alpha value is -3.98. The van der Waals surface area contributed by atoms with Crippen LogP contribution in [-0.4, -0.2) is 42.3 Å². The van der Waals surface area contributed by atoms with Crippen molar-refractivity contribution in [3.8, 4) is 11.9 Å². The van der Waals surface area contributed by atoms with E-state index in [1.54, 1.807) is 0 Å². The van der Waals surface area contributed by atoms with Crippen LogP contribution >= 0.6 is 0 Å². The van der Waals surface area contributed by atoms with Crippen molar-refractivity contribution in [3.63, 3.8) is 0 Å². The largest absolute Gasteiger partial charge is 0.494 e. The van der Waals surface area contributed by atoms with Crippen molar-refractivity contribution in [2.45, 2.75) is 17.1 Å². The molecule has 35 heavy (non-hydrogen) atoms. The van der Waals surface area contributed by atoms with E-state index in [0.29, 0.717) is 0 Å². The van der Waals surface area contributed by atoms with E-state index in [-0.39, 0.29) is 38.8 Å². The highest BCUT2D eigenvalue weighted by Crippen LogP contribution is 2.49. The molecular weight excluding hydrogens is 485 g/mol. The minimum Gasteiger partial charge on any atom is -0.494 e. The van der Waals surface area contributed by atoms with Crippen molar-refractivity contribution in [1.82, 2.24) is 9.47 Å². The predicted octanol–water partition coefficient (Wildman–Crippen LogP) is 4.32. The zero-order valence-electron chi connectivity index (χ0n) is 18.7. The minimum atomic E-state index is -4.64. The molecule has 2 heterocycles. The predicted molar refractivity (Wildman–Crippen MR) is 120 cm³/mol.